The van der Waals surface area contributed by atoms with Gasteiger partial charge in [0.25, 0.3) is 0 Å². The standard InChI is InChI=1S/C16H15N3OS/c1-18-16(20)14(9-12-5-3-2-4-6-12)21-15-10-13(11-17)7-8-19-15/h2-8,10,14H,9H2,1H3,(H,18,20)/t14-/m0/s1. The zero-order valence-electron chi connectivity index (χ0n) is 11.6. The molecule has 0 unspecified atom stereocenters. The summed E-state index contributed by atoms with van der Waals surface area (Å²) in [6.45, 7) is 0. The molecule has 0 saturated carbocycles. The maximum Gasteiger partial charge on any atom is 0.233 e. The van der Waals surface area contributed by atoms with E-state index in [9.17, 15) is 4.79 Å². The van der Waals surface area contributed by atoms with Crippen LogP contribution in [0.25, 0.3) is 0 Å². The van der Waals surface area contributed by atoms with E-state index in [1.165, 1.54) is 11.8 Å². The average molecular weight is 297 g/mol. The van der Waals surface area contributed by atoms with Gasteiger partial charge in [0.1, 0.15) is 0 Å². The quantitative estimate of drug-likeness (QED) is 0.861. The van der Waals surface area contributed by atoms with Crippen molar-refractivity contribution in [3.63, 3.8) is 0 Å². The molecule has 0 aliphatic heterocycles. The van der Waals surface area contributed by atoms with Crippen LogP contribution < -0.4 is 5.32 Å². The Labute approximate surface area is 128 Å². The Morgan fingerprint density at radius 3 is 2.81 bits per heavy atom. The summed E-state index contributed by atoms with van der Waals surface area (Å²) in [5.74, 6) is -0.0481. The number of benzene rings is 1. The molecular weight excluding hydrogens is 282 g/mol. The number of nitrogens with zero attached hydrogens (tertiary/aromatic N) is 2. The first kappa shape index (κ1) is 15.1. The van der Waals surface area contributed by atoms with Gasteiger partial charge in [-0.25, -0.2) is 4.98 Å². The lowest BCUT2D eigenvalue weighted by atomic mass is 10.1. The number of thioether (sulfide) groups is 1. The second kappa shape index (κ2) is 7.46. The van der Waals surface area contributed by atoms with Crippen molar-refractivity contribution in [2.45, 2.75) is 16.7 Å². The molecule has 0 bridgehead atoms. The molecule has 0 aliphatic carbocycles. The van der Waals surface area contributed by atoms with Gasteiger partial charge in [0.05, 0.1) is 21.9 Å². The molecule has 1 amide bonds. The van der Waals surface area contributed by atoms with Gasteiger partial charge in [-0.1, -0.05) is 42.1 Å². The predicted octanol–water partition coefficient (Wildman–Crippen LogP) is 2.40. The first-order valence-corrected chi connectivity index (χ1v) is 7.39. The Balaban J connectivity index is 2.16. The Kier molecular flexibility index (Phi) is 5.35. The summed E-state index contributed by atoms with van der Waals surface area (Å²) < 4.78 is 0. The van der Waals surface area contributed by atoms with Crippen molar-refractivity contribution < 1.29 is 4.79 Å². The number of pyridine rings is 1. The van der Waals surface area contributed by atoms with Crippen LogP contribution in [0.4, 0.5) is 0 Å². The van der Waals surface area contributed by atoms with E-state index >= 15 is 0 Å². The number of hydrogen-bond acceptors (Lipinski definition) is 4. The fourth-order valence-electron chi connectivity index (χ4n) is 1.87. The van der Waals surface area contributed by atoms with E-state index < -0.39 is 0 Å². The number of carbonyl (C=O) groups excluding carboxylic acids is 1. The topological polar surface area (TPSA) is 65.8 Å². The van der Waals surface area contributed by atoms with E-state index in [4.69, 9.17) is 5.26 Å². The Hall–Kier alpha value is -2.32. The maximum atomic E-state index is 12.1. The van der Waals surface area contributed by atoms with Crippen molar-refractivity contribution in [1.82, 2.24) is 10.3 Å². The Morgan fingerprint density at radius 2 is 2.14 bits per heavy atom. The van der Waals surface area contributed by atoms with Gasteiger partial charge in [-0.2, -0.15) is 5.26 Å². The minimum Gasteiger partial charge on any atom is -0.358 e. The largest absolute Gasteiger partial charge is 0.358 e. The molecule has 1 N–H and O–H groups in total. The second-order valence-electron chi connectivity index (χ2n) is 4.41. The van der Waals surface area contributed by atoms with Crippen molar-refractivity contribution in [2.24, 2.45) is 0 Å². The molecule has 0 aliphatic rings. The lowest BCUT2D eigenvalue weighted by Crippen LogP contribution is -2.31. The molecule has 21 heavy (non-hydrogen) atoms. The lowest BCUT2D eigenvalue weighted by Gasteiger charge is -2.14. The average Bonchev–Trinajstić information content (AvgIpc) is 2.54. The van der Waals surface area contributed by atoms with Crippen LogP contribution in [0.1, 0.15) is 11.1 Å². The van der Waals surface area contributed by atoms with Crippen LogP contribution in [0.2, 0.25) is 0 Å². The van der Waals surface area contributed by atoms with Crippen molar-refractivity contribution >= 4 is 17.7 Å². The molecule has 5 heteroatoms. The van der Waals surface area contributed by atoms with E-state index in [0.29, 0.717) is 17.0 Å². The first-order chi connectivity index (χ1) is 10.2. The van der Waals surface area contributed by atoms with Gasteiger partial charge in [0.15, 0.2) is 0 Å². The number of rotatable bonds is 5. The molecule has 1 aromatic heterocycles. The fraction of sp³-hybridized carbons (Fsp3) is 0.188. The zero-order chi connectivity index (χ0) is 15.1. The normalized spacial score (nSPS) is 11.4. The van der Waals surface area contributed by atoms with Gasteiger partial charge >= 0.3 is 0 Å². The number of amides is 1. The molecule has 0 radical (unpaired) electrons. The van der Waals surface area contributed by atoms with Gasteiger partial charge in [0, 0.05) is 13.2 Å². The third-order valence-electron chi connectivity index (χ3n) is 2.93. The van der Waals surface area contributed by atoms with Crippen molar-refractivity contribution in [1.29, 1.82) is 5.26 Å². The highest BCUT2D eigenvalue weighted by molar-refractivity contribution is 8.00. The summed E-state index contributed by atoms with van der Waals surface area (Å²) in [5, 5.41) is 12.0. The van der Waals surface area contributed by atoms with Gasteiger partial charge in [0.2, 0.25) is 5.91 Å². The molecule has 106 valence electrons. The van der Waals surface area contributed by atoms with Crippen LogP contribution in [0.3, 0.4) is 0 Å². The van der Waals surface area contributed by atoms with Gasteiger partial charge in [-0.15, -0.1) is 0 Å². The smallest absolute Gasteiger partial charge is 0.233 e. The summed E-state index contributed by atoms with van der Waals surface area (Å²) in [6.07, 6.45) is 2.20. The minimum atomic E-state index is -0.279. The Morgan fingerprint density at radius 1 is 1.38 bits per heavy atom. The molecule has 0 fully saturated rings. The van der Waals surface area contributed by atoms with E-state index in [2.05, 4.69) is 16.4 Å². The van der Waals surface area contributed by atoms with Crippen molar-refractivity contribution in [2.75, 3.05) is 7.05 Å². The van der Waals surface area contributed by atoms with Gasteiger partial charge < -0.3 is 5.32 Å². The monoisotopic (exact) mass is 297 g/mol. The van der Waals surface area contributed by atoms with Crippen LogP contribution in [-0.4, -0.2) is 23.2 Å². The van der Waals surface area contributed by atoms with E-state index in [1.54, 1.807) is 25.4 Å². The summed E-state index contributed by atoms with van der Waals surface area (Å²) >= 11 is 1.37. The SMILES string of the molecule is CNC(=O)[C@H](Cc1ccccc1)Sc1cc(C#N)ccn1. The third kappa shape index (κ3) is 4.33. The molecular formula is C16H15N3OS. The predicted molar refractivity (Wildman–Crippen MR) is 82.8 cm³/mol. The molecule has 0 spiro atoms. The van der Waals surface area contributed by atoms with Crippen molar-refractivity contribution in [3.8, 4) is 6.07 Å². The fourth-order valence-corrected chi connectivity index (χ4v) is 2.98. The van der Waals surface area contributed by atoms with Crippen LogP contribution in [0.15, 0.2) is 53.7 Å². The number of nitriles is 1. The highest BCUT2D eigenvalue weighted by Gasteiger charge is 2.20. The van der Waals surface area contributed by atoms with Crippen LogP contribution in [-0.2, 0) is 11.2 Å². The highest BCUT2D eigenvalue weighted by Crippen LogP contribution is 2.25. The van der Waals surface area contributed by atoms with E-state index in [-0.39, 0.29) is 11.2 Å². The molecule has 0 saturated heterocycles. The molecule has 4 nitrogen and oxygen atoms in total. The minimum absolute atomic E-state index is 0.0481. The van der Waals surface area contributed by atoms with Crippen LogP contribution in [0.5, 0.6) is 0 Å². The lowest BCUT2D eigenvalue weighted by molar-refractivity contribution is -0.120. The summed E-state index contributed by atoms with van der Waals surface area (Å²) in [5.41, 5.74) is 1.64. The van der Waals surface area contributed by atoms with E-state index in [0.717, 1.165) is 5.56 Å². The highest BCUT2D eigenvalue weighted by atomic mass is 32.2. The molecule has 2 aromatic rings. The molecule has 1 atom stereocenters. The summed E-state index contributed by atoms with van der Waals surface area (Å²) in [7, 11) is 1.63. The van der Waals surface area contributed by atoms with E-state index in [1.807, 2.05) is 30.3 Å². The number of aromatic nitrogens is 1. The number of carbonyl (C=O) groups is 1. The van der Waals surface area contributed by atoms with Crippen LogP contribution in [0, 0.1) is 11.3 Å². The second-order valence-corrected chi connectivity index (χ2v) is 5.63. The van der Waals surface area contributed by atoms with Gasteiger partial charge in [-0.05, 0) is 24.1 Å². The number of nitrogens with one attached hydrogen (secondary N) is 1. The first-order valence-electron chi connectivity index (χ1n) is 6.51. The third-order valence-corrected chi connectivity index (χ3v) is 4.06. The Bertz CT molecular complexity index is 652. The summed E-state index contributed by atoms with van der Waals surface area (Å²) in [6, 6.07) is 15.3. The molecule has 1 aromatic carbocycles. The molecule has 2 rings (SSSR count). The van der Waals surface area contributed by atoms with Crippen molar-refractivity contribution in [3.05, 3.63) is 59.8 Å². The summed E-state index contributed by atoms with van der Waals surface area (Å²) in [4.78, 5) is 16.3. The maximum absolute atomic E-state index is 12.1. The zero-order valence-corrected chi connectivity index (χ0v) is 12.4. The van der Waals surface area contributed by atoms with Crippen LogP contribution >= 0.6 is 11.8 Å². The molecule has 1 heterocycles. The van der Waals surface area contributed by atoms with Gasteiger partial charge in [-0.3, -0.25) is 4.79 Å². The number of hydrogen-bond donors (Lipinski definition) is 1.